The molecule has 0 unspecified atom stereocenters. The van der Waals surface area contributed by atoms with Gasteiger partial charge in [-0.05, 0) is 57.4 Å². The molecular weight excluding hydrogens is 344 g/mol. The maximum Gasteiger partial charge on any atom is 0.287 e. The number of nitrogens with one attached hydrogen (secondary N) is 1. The third-order valence-corrected chi connectivity index (χ3v) is 5.59. The van der Waals surface area contributed by atoms with E-state index in [1.54, 1.807) is 26.0 Å². The lowest BCUT2D eigenvalue weighted by Crippen LogP contribution is -2.31. The molecule has 1 saturated carbocycles. The second-order valence-electron chi connectivity index (χ2n) is 6.09. The molecule has 1 aromatic heterocycles. The van der Waals surface area contributed by atoms with Gasteiger partial charge >= 0.3 is 0 Å². The van der Waals surface area contributed by atoms with E-state index < -0.39 is 15.9 Å². The van der Waals surface area contributed by atoms with E-state index in [-0.39, 0.29) is 10.6 Å². The molecule has 1 heterocycles. The molecule has 3 rings (SSSR count). The molecule has 2 aromatic rings. The highest BCUT2D eigenvalue weighted by molar-refractivity contribution is 7.90. The summed E-state index contributed by atoms with van der Waals surface area (Å²) in [5, 5.41) is 3.74. The summed E-state index contributed by atoms with van der Waals surface area (Å²) in [6.07, 6.45) is 2.00. The number of hydrogen-bond acceptors (Lipinski definition) is 6. The molecule has 7 nitrogen and oxygen atoms in total. The summed E-state index contributed by atoms with van der Waals surface area (Å²) in [6.45, 7) is 5.69. The predicted molar refractivity (Wildman–Crippen MR) is 90.2 cm³/mol. The number of benzene rings is 1. The lowest BCUT2D eigenvalue weighted by Gasteiger charge is -2.10. The zero-order chi connectivity index (χ0) is 18.2. The largest absolute Gasteiger partial charge is 0.494 e. The van der Waals surface area contributed by atoms with E-state index >= 15 is 0 Å². The van der Waals surface area contributed by atoms with Crippen molar-refractivity contribution in [3.05, 3.63) is 40.8 Å². The van der Waals surface area contributed by atoms with Crippen LogP contribution in [0.15, 0.2) is 27.6 Å². The maximum atomic E-state index is 12.5. The van der Waals surface area contributed by atoms with Crippen molar-refractivity contribution < 1.29 is 22.5 Å². The average Bonchev–Trinajstić information content (AvgIpc) is 3.29. The number of ether oxygens (including phenoxy) is 1. The van der Waals surface area contributed by atoms with E-state index in [9.17, 15) is 13.2 Å². The standard InChI is InChI=1S/C17H20N2O5S/c1-4-23-13-7-8-14(10(2)9-13)25(21,22)19-17(20)15-11(3)16(24-18-15)12-5-6-12/h7-9,12H,4-6H2,1-3H3,(H,19,20). The van der Waals surface area contributed by atoms with Crippen molar-refractivity contribution in [2.75, 3.05) is 6.61 Å². The van der Waals surface area contributed by atoms with E-state index in [1.165, 1.54) is 6.07 Å². The Morgan fingerprint density at radius 2 is 2.08 bits per heavy atom. The number of carbonyl (C=O) groups is 1. The summed E-state index contributed by atoms with van der Waals surface area (Å²) >= 11 is 0. The van der Waals surface area contributed by atoms with Gasteiger partial charge in [0.25, 0.3) is 15.9 Å². The predicted octanol–water partition coefficient (Wildman–Crippen LogP) is 2.69. The fourth-order valence-corrected chi connectivity index (χ4v) is 3.87. The lowest BCUT2D eigenvalue weighted by atomic mass is 10.1. The maximum absolute atomic E-state index is 12.5. The molecule has 8 heteroatoms. The van der Waals surface area contributed by atoms with Gasteiger partial charge in [-0.25, -0.2) is 13.1 Å². The minimum absolute atomic E-state index is 0.00839. The normalized spacial score (nSPS) is 14.4. The molecule has 1 fully saturated rings. The van der Waals surface area contributed by atoms with Gasteiger partial charge in [-0.1, -0.05) is 5.16 Å². The van der Waals surface area contributed by atoms with Gasteiger partial charge < -0.3 is 9.26 Å². The Morgan fingerprint density at radius 1 is 1.36 bits per heavy atom. The molecule has 0 aliphatic heterocycles. The van der Waals surface area contributed by atoms with Gasteiger partial charge in [0.2, 0.25) is 0 Å². The zero-order valence-electron chi connectivity index (χ0n) is 14.3. The van der Waals surface area contributed by atoms with Gasteiger partial charge in [-0.3, -0.25) is 4.79 Å². The molecule has 0 atom stereocenters. The molecule has 25 heavy (non-hydrogen) atoms. The summed E-state index contributed by atoms with van der Waals surface area (Å²) in [6, 6.07) is 4.60. The Kier molecular flexibility index (Phi) is 4.55. The quantitative estimate of drug-likeness (QED) is 0.846. The van der Waals surface area contributed by atoms with Crippen LogP contribution in [0.4, 0.5) is 0 Å². The molecule has 1 aromatic carbocycles. The van der Waals surface area contributed by atoms with Crippen molar-refractivity contribution in [3.63, 3.8) is 0 Å². The van der Waals surface area contributed by atoms with Crippen LogP contribution in [0.3, 0.4) is 0 Å². The van der Waals surface area contributed by atoms with Crippen molar-refractivity contribution in [1.29, 1.82) is 0 Å². The van der Waals surface area contributed by atoms with Crippen LogP contribution in [-0.2, 0) is 10.0 Å². The molecule has 1 aliphatic carbocycles. The van der Waals surface area contributed by atoms with Gasteiger partial charge in [0.15, 0.2) is 5.69 Å². The highest BCUT2D eigenvalue weighted by Gasteiger charge is 2.33. The molecule has 0 spiro atoms. The van der Waals surface area contributed by atoms with Crippen LogP contribution in [0.2, 0.25) is 0 Å². The highest BCUT2D eigenvalue weighted by atomic mass is 32.2. The zero-order valence-corrected chi connectivity index (χ0v) is 15.1. The minimum atomic E-state index is -4.02. The van der Waals surface area contributed by atoms with E-state index in [0.717, 1.165) is 12.8 Å². The van der Waals surface area contributed by atoms with Crippen LogP contribution in [0, 0.1) is 13.8 Å². The number of hydrogen-bond donors (Lipinski definition) is 1. The number of carbonyl (C=O) groups excluding carboxylic acids is 1. The first-order chi connectivity index (χ1) is 11.8. The van der Waals surface area contributed by atoms with Gasteiger partial charge in [0.1, 0.15) is 11.5 Å². The first-order valence-electron chi connectivity index (χ1n) is 8.10. The van der Waals surface area contributed by atoms with Crippen LogP contribution in [0.25, 0.3) is 0 Å². The van der Waals surface area contributed by atoms with E-state index in [1.807, 2.05) is 6.92 Å². The topological polar surface area (TPSA) is 98.5 Å². The minimum Gasteiger partial charge on any atom is -0.494 e. The van der Waals surface area contributed by atoms with Crippen LogP contribution >= 0.6 is 0 Å². The average molecular weight is 364 g/mol. The summed E-state index contributed by atoms with van der Waals surface area (Å²) in [7, 11) is -4.02. The second-order valence-corrected chi connectivity index (χ2v) is 7.74. The summed E-state index contributed by atoms with van der Waals surface area (Å²) < 4.78 is 37.7. The van der Waals surface area contributed by atoms with E-state index in [0.29, 0.717) is 35.2 Å². The SMILES string of the molecule is CCOc1ccc(S(=O)(=O)NC(=O)c2noc(C3CC3)c2C)c(C)c1. The Morgan fingerprint density at radius 3 is 2.68 bits per heavy atom. The van der Waals surface area contributed by atoms with Crippen LogP contribution in [0.5, 0.6) is 5.75 Å². The Hall–Kier alpha value is -2.35. The molecular formula is C17H20N2O5S. The van der Waals surface area contributed by atoms with Crippen LogP contribution in [0.1, 0.15) is 53.1 Å². The number of sulfonamides is 1. The van der Waals surface area contributed by atoms with Crippen LogP contribution < -0.4 is 9.46 Å². The van der Waals surface area contributed by atoms with Gasteiger partial charge in [-0.2, -0.15) is 0 Å². The number of rotatable bonds is 6. The van der Waals surface area contributed by atoms with E-state index in [4.69, 9.17) is 9.26 Å². The molecule has 1 amide bonds. The van der Waals surface area contributed by atoms with Gasteiger partial charge in [0.05, 0.1) is 11.5 Å². The number of aryl methyl sites for hydroxylation is 1. The molecule has 134 valence electrons. The number of nitrogens with zero attached hydrogens (tertiary/aromatic N) is 1. The number of aromatic nitrogens is 1. The molecule has 0 bridgehead atoms. The van der Waals surface area contributed by atoms with Gasteiger partial charge in [-0.15, -0.1) is 0 Å². The molecule has 0 saturated heterocycles. The first kappa shape index (κ1) is 17.5. The van der Waals surface area contributed by atoms with Crippen molar-refractivity contribution in [2.24, 2.45) is 0 Å². The second kappa shape index (κ2) is 6.51. The fraction of sp³-hybridized carbons (Fsp3) is 0.412. The van der Waals surface area contributed by atoms with Crippen molar-refractivity contribution in [2.45, 2.75) is 44.4 Å². The summed E-state index contributed by atoms with van der Waals surface area (Å²) in [5.74, 6) is 0.743. The van der Waals surface area contributed by atoms with Crippen molar-refractivity contribution in [1.82, 2.24) is 9.88 Å². The number of amides is 1. The highest BCUT2D eigenvalue weighted by Crippen LogP contribution is 2.42. The summed E-state index contributed by atoms with van der Waals surface area (Å²) in [5.41, 5.74) is 1.09. The van der Waals surface area contributed by atoms with Crippen molar-refractivity contribution >= 4 is 15.9 Å². The Bertz CT molecular complexity index is 913. The fourth-order valence-electron chi connectivity index (χ4n) is 2.69. The van der Waals surface area contributed by atoms with Crippen molar-refractivity contribution in [3.8, 4) is 5.75 Å². The summed E-state index contributed by atoms with van der Waals surface area (Å²) in [4.78, 5) is 12.4. The first-order valence-corrected chi connectivity index (χ1v) is 9.58. The van der Waals surface area contributed by atoms with Crippen LogP contribution in [-0.4, -0.2) is 26.1 Å². The Balaban J connectivity index is 1.82. The molecule has 1 aliphatic rings. The third kappa shape index (κ3) is 3.53. The smallest absolute Gasteiger partial charge is 0.287 e. The molecule has 0 radical (unpaired) electrons. The van der Waals surface area contributed by atoms with Gasteiger partial charge in [0, 0.05) is 11.5 Å². The lowest BCUT2D eigenvalue weighted by molar-refractivity contribution is 0.0972. The molecule has 1 N–H and O–H groups in total. The third-order valence-electron chi connectivity index (χ3n) is 4.10. The van der Waals surface area contributed by atoms with E-state index in [2.05, 4.69) is 9.88 Å². The Labute approximate surface area is 146 Å². The monoisotopic (exact) mass is 364 g/mol.